The molecule has 1 saturated heterocycles. The normalized spacial score (nSPS) is 43.3. The summed E-state index contributed by atoms with van der Waals surface area (Å²) in [5.41, 5.74) is -0.0978. The third kappa shape index (κ3) is 0.663. The van der Waals surface area contributed by atoms with Gasteiger partial charge in [0, 0.05) is 0 Å². The summed E-state index contributed by atoms with van der Waals surface area (Å²) in [4.78, 5) is 0. The van der Waals surface area contributed by atoms with Crippen molar-refractivity contribution >= 4 is 0 Å². The van der Waals surface area contributed by atoms with Crippen LogP contribution in [0.4, 0.5) is 0 Å². The summed E-state index contributed by atoms with van der Waals surface area (Å²) in [6, 6.07) is 0. The van der Waals surface area contributed by atoms with Gasteiger partial charge in [-0.2, -0.15) is 0 Å². The van der Waals surface area contributed by atoms with Crippen molar-refractivity contribution in [2.24, 2.45) is 0 Å². The average Bonchev–Trinajstić information content (AvgIpc) is 2.43. The predicted octanol–water partition coefficient (Wildman–Crippen LogP) is 1.08. The summed E-state index contributed by atoms with van der Waals surface area (Å²) in [6.45, 7) is 4.09. The lowest BCUT2D eigenvalue weighted by Crippen LogP contribution is -2.32. The van der Waals surface area contributed by atoms with Crippen LogP contribution >= 0.6 is 0 Å². The Morgan fingerprint density at radius 2 is 2.22 bits per heavy atom. The monoisotopic (exact) mass is 126 g/mol. The minimum Gasteiger partial charge on any atom is -0.493 e. The zero-order chi connectivity index (χ0) is 6.48. The van der Waals surface area contributed by atoms with Gasteiger partial charge in [-0.05, 0) is 19.9 Å². The molecule has 2 heterocycles. The highest BCUT2D eigenvalue weighted by Crippen LogP contribution is 2.38. The van der Waals surface area contributed by atoms with Crippen LogP contribution in [0, 0.1) is 0 Å². The standard InChI is InChI=1S/C7H10O2/c1-7(2)6-5(9-6)3-4-8-7/h3-6H,1-2H3. The second-order valence-electron chi connectivity index (χ2n) is 3.07. The zero-order valence-corrected chi connectivity index (χ0v) is 5.63. The summed E-state index contributed by atoms with van der Waals surface area (Å²) >= 11 is 0. The van der Waals surface area contributed by atoms with Crippen LogP contribution in [-0.4, -0.2) is 17.8 Å². The van der Waals surface area contributed by atoms with Crippen molar-refractivity contribution in [3.63, 3.8) is 0 Å². The molecule has 0 saturated carbocycles. The fourth-order valence-corrected chi connectivity index (χ4v) is 1.19. The second kappa shape index (κ2) is 1.32. The molecule has 0 N–H and O–H groups in total. The number of hydrogen-bond acceptors (Lipinski definition) is 2. The van der Waals surface area contributed by atoms with Gasteiger partial charge in [0.15, 0.2) is 0 Å². The summed E-state index contributed by atoms with van der Waals surface area (Å²) in [5.74, 6) is 0. The maximum absolute atomic E-state index is 5.31. The average molecular weight is 126 g/mol. The molecule has 0 aliphatic carbocycles. The third-order valence-electron chi connectivity index (χ3n) is 1.85. The number of hydrogen-bond donors (Lipinski definition) is 0. The topological polar surface area (TPSA) is 21.8 Å². The molecule has 0 radical (unpaired) electrons. The lowest BCUT2D eigenvalue weighted by atomic mass is 10.0. The highest BCUT2D eigenvalue weighted by Gasteiger charge is 2.51. The van der Waals surface area contributed by atoms with E-state index in [-0.39, 0.29) is 5.60 Å². The minimum atomic E-state index is -0.0978. The van der Waals surface area contributed by atoms with E-state index in [1.807, 2.05) is 19.9 Å². The number of epoxide rings is 1. The van der Waals surface area contributed by atoms with Crippen molar-refractivity contribution in [2.75, 3.05) is 0 Å². The molecule has 2 nitrogen and oxygen atoms in total. The molecule has 2 atom stereocenters. The Hall–Kier alpha value is -0.500. The Kier molecular flexibility index (Phi) is 0.776. The van der Waals surface area contributed by atoms with Crippen LogP contribution in [0.2, 0.25) is 0 Å². The van der Waals surface area contributed by atoms with Crippen molar-refractivity contribution in [3.05, 3.63) is 12.3 Å². The van der Waals surface area contributed by atoms with E-state index in [2.05, 4.69) is 0 Å². The SMILES string of the molecule is CC1(C)OC=CC2OC21. The van der Waals surface area contributed by atoms with Gasteiger partial charge < -0.3 is 9.47 Å². The van der Waals surface area contributed by atoms with Gasteiger partial charge in [0.05, 0.1) is 6.26 Å². The quantitative estimate of drug-likeness (QED) is 0.453. The van der Waals surface area contributed by atoms with Crippen LogP contribution in [0.5, 0.6) is 0 Å². The Morgan fingerprint density at radius 3 is 2.78 bits per heavy atom. The number of fused-ring (bicyclic) bond motifs is 1. The van der Waals surface area contributed by atoms with Crippen LogP contribution in [0.15, 0.2) is 12.3 Å². The molecule has 2 unspecified atom stereocenters. The first-order chi connectivity index (χ1) is 4.20. The van der Waals surface area contributed by atoms with E-state index < -0.39 is 0 Å². The molecule has 9 heavy (non-hydrogen) atoms. The molecule has 1 fully saturated rings. The van der Waals surface area contributed by atoms with Gasteiger partial charge in [0.2, 0.25) is 0 Å². The number of ether oxygens (including phenoxy) is 2. The molecule has 0 aromatic heterocycles. The Balaban J connectivity index is 2.22. The number of rotatable bonds is 0. The fraction of sp³-hybridized carbons (Fsp3) is 0.714. The Labute approximate surface area is 54.5 Å². The smallest absolute Gasteiger partial charge is 0.131 e. The summed E-state index contributed by atoms with van der Waals surface area (Å²) < 4.78 is 10.6. The molecule has 2 aliphatic heterocycles. The largest absolute Gasteiger partial charge is 0.493 e. The minimum absolute atomic E-state index is 0.0978. The van der Waals surface area contributed by atoms with Gasteiger partial charge >= 0.3 is 0 Å². The third-order valence-corrected chi connectivity index (χ3v) is 1.85. The molecule has 50 valence electrons. The lowest BCUT2D eigenvalue weighted by Gasteiger charge is -2.23. The summed E-state index contributed by atoms with van der Waals surface area (Å²) in [7, 11) is 0. The first kappa shape index (κ1) is 5.30. The molecule has 0 bridgehead atoms. The lowest BCUT2D eigenvalue weighted by molar-refractivity contribution is 0.0284. The maximum atomic E-state index is 5.31. The van der Waals surface area contributed by atoms with E-state index in [9.17, 15) is 0 Å². The molecule has 0 spiro atoms. The zero-order valence-electron chi connectivity index (χ0n) is 5.63. The molecule has 0 aromatic carbocycles. The van der Waals surface area contributed by atoms with Gasteiger partial charge in [-0.3, -0.25) is 0 Å². The van der Waals surface area contributed by atoms with Crippen LogP contribution in [0.1, 0.15) is 13.8 Å². The molecule has 2 aliphatic rings. The predicted molar refractivity (Wildman–Crippen MR) is 33.0 cm³/mol. The molecule has 2 heteroatoms. The van der Waals surface area contributed by atoms with E-state index in [0.29, 0.717) is 12.2 Å². The van der Waals surface area contributed by atoms with E-state index in [1.165, 1.54) is 0 Å². The molecule has 0 amide bonds. The van der Waals surface area contributed by atoms with Gasteiger partial charge in [-0.1, -0.05) is 0 Å². The van der Waals surface area contributed by atoms with Crippen molar-refractivity contribution < 1.29 is 9.47 Å². The van der Waals surface area contributed by atoms with E-state index in [4.69, 9.17) is 9.47 Å². The van der Waals surface area contributed by atoms with Crippen LogP contribution in [-0.2, 0) is 9.47 Å². The fourth-order valence-electron chi connectivity index (χ4n) is 1.19. The Bertz CT molecular complexity index is 160. The molecule has 2 rings (SSSR count). The van der Waals surface area contributed by atoms with Gasteiger partial charge in [-0.15, -0.1) is 0 Å². The van der Waals surface area contributed by atoms with Crippen LogP contribution in [0.25, 0.3) is 0 Å². The van der Waals surface area contributed by atoms with Crippen molar-refractivity contribution in [1.82, 2.24) is 0 Å². The van der Waals surface area contributed by atoms with E-state index in [1.54, 1.807) is 6.26 Å². The van der Waals surface area contributed by atoms with Gasteiger partial charge in [0.25, 0.3) is 0 Å². The second-order valence-corrected chi connectivity index (χ2v) is 3.07. The van der Waals surface area contributed by atoms with Gasteiger partial charge in [-0.25, -0.2) is 0 Å². The highest BCUT2D eigenvalue weighted by atomic mass is 16.6. The molecular weight excluding hydrogens is 116 g/mol. The van der Waals surface area contributed by atoms with E-state index in [0.717, 1.165) is 0 Å². The summed E-state index contributed by atoms with van der Waals surface area (Å²) in [5, 5.41) is 0. The first-order valence-electron chi connectivity index (χ1n) is 3.20. The Morgan fingerprint density at radius 1 is 1.44 bits per heavy atom. The van der Waals surface area contributed by atoms with Crippen molar-refractivity contribution in [3.8, 4) is 0 Å². The summed E-state index contributed by atoms with van der Waals surface area (Å²) in [6.07, 6.45) is 4.33. The first-order valence-corrected chi connectivity index (χ1v) is 3.20. The highest BCUT2D eigenvalue weighted by molar-refractivity contribution is 5.11. The van der Waals surface area contributed by atoms with Gasteiger partial charge in [0.1, 0.15) is 17.8 Å². The maximum Gasteiger partial charge on any atom is 0.131 e. The van der Waals surface area contributed by atoms with Crippen LogP contribution in [0.3, 0.4) is 0 Å². The molecular formula is C7H10O2. The van der Waals surface area contributed by atoms with Crippen LogP contribution < -0.4 is 0 Å². The van der Waals surface area contributed by atoms with E-state index >= 15 is 0 Å². The molecule has 0 aromatic rings. The van der Waals surface area contributed by atoms with Crippen molar-refractivity contribution in [2.45, 2.75) is 31.7 Å². The van der Waals surface area contributed by atoms with Crippen molar-refractivity contribution in [1.29, 1.82) is 0 Å².